The summed E-state index contributed by atoms with van der Waals surface area (Å²) in [6, 6.07) is 0.488. The predicted octanol–water partition coefficient (Wildman–Crippen LogP) is 3.26. The second kappa shape index (κ2) is 7.48. The standard InChI is InChI=1S/C17H33N3O/c1-3-20(16(21)19-15-7-5-4-6-8-15)17(13-18)11-9-14(2)10-12-17/h14-15H,3-13,18H2,1-2H3,(H,19,21). The fraction of sp³-hybridized carbons (Fsp3) is 0.941. The zero-order chi connectivity index (χ0) is 15.3. The van der Waals surface area contributed by atoms with E-state index in [0.717, 1.165) is 38.1 Å². The molecule has 0 aliphatic heterocycles. The molecule has 0 radical (unpaired) electrons. The van der Waals surface area contributed by atoms with Crippen LogP contribution in [0, 0.1) is 5.92 Å². The molecule has 0 aromatic carbocycles. The van der Waals surface area contributed by atoms with E-state index in [4.69, 9.17) is 5.73 Å². The topological polar surface area (TPSA) is 58.4 Å². The van der Waals surface area contributed by atoms with E-state index in [1.165, 1.54) is 32.1 Å². The summed E-state index contributed by atoms with van der Waals surface area (Å²) in [6.07, 6.45) is 10.6. The minimum atomic E-state index is -0.111. The molecule has 0 aromatic rings. The zero-order valence-corrected chi connectivity index (χ0v) is 13.9. The van der Waals surface area contributed by atoms with E-state index >= 15 is 0 Å². The lowest BCUT2D eigenvalue weighted by Crippen LogP contribution is -2.61. The molecular weight excluding hydrogens is 262 g/mol. The summed E-state index contributed by atoms with van der Waals surface area (Å²) in [5, 5.41) is 3.27. The van der Waals surface area contributed by atoms with Gasteiger partial charge in [-0.15, -0.1) is 0 Å². The molecule has 0 atom stereocenters. The Balaban J connectivity index is 2.00. The SMILES string of the molecule is CCN(C(=O)NC1CCCCC1)C1(CN)CCC(C)CC1. The Morgan fingerprint density at radius 1 is 1.19 bits per heavy atom. The quantitative estimate of drug-likeness (QED) is 0.836. The zero-order valence-electron chi connectivity index (χ0n) is 13.9. The summed E-state index contributed by atoms with van der Waals surface area (Å²) in [5.41, 5.74) is 6.00. The van der Waals surface area contributed by atoms with Crippen LogP contribution < -0.4 is 11.1 Å². The Hall–Kier alpha value is -0.770. The van der Waals surface area contributed by atoms with E-state index in [-0.39, 0.29) is 11.6 Å². The molecular formula is C17H33N3O. The minimum Gasteiger partial charge on any atom is -0.335 e. The van der Waals surface area contributed by atoms with Gasteiger partial charge < -0.3 is 16.0 Å². The molecule has 0 bridgehead atoms. The van der Waals surface area contributed by atoms with Gasteiger partial charge in [-0.1, -0.05) is 26.2 Å². The lowest BCUT2D eigenvalue weighted by molar-refractivity contribution is 0.0726. The van der Waals surface area contributed by atoms with Gasteiger partial charge in [0.2, 0.25) is 0 Å². The predicted molar refractivity (Wildman–Crippen MR) is 87.2 cm³/mol. The molecule has 0 unspecified atom stereocenters. The number of nitrogens with zero attached hydrogens (tertiary/aromatic N) is 1. The van der Waals surface area contributed by atoms with E-state index in [0.29, 0.717) is 12.6 Å². The lowest BCUT2D eigenvalue weighted by atomic mass is 9.76. The molecule has 2 aliphatic rings. The Labute approximate surface area is 129 Å². The molecule has 0 saturated heterocycles. The number of hydrogen-bond donors (Lipinski definition) is 2. The number of rotatable bonds is 4. The van der Waals surface area contributed by atoms with Gasteiger partial charge >= 0.3 is 6.03 Å². The molecule has 0 spiro atoms. The third kappa shape index (κ3) is 3.91. The molecule has 122 valence electrons. The fourth-order valence-corrected chi connectivity index (χ4v) is 4.08. The van der Waals surface area contributed by atoms with E-state index in [9.17, 15) is 4.79 Å². The van der Waals surface area contributed by atoms with Gasteiger partial charge in [0, 0.05) is 19.1 Å². The number of likely N-dealkylation sites (N-methyl/N-ethyl adjacent to an activating group) is 1. The minimum absolute atomic E-state index is 0.111. The molecule has 0 heterocycles. The van der Waals surface area contributed by atoms with Gasteiger partial charge in [-0.3, -0.25) is 0 Å². The van der Waals surface area contributed by atoms with Crippen LogP contribution >= 0.6 is 0 Å². The third-order valence-corrected chi connectivity index (χ3v) is 5.65. The van der Waals surface area contributed by atoms with E-state index in [2.05, 4.69) is 19.2 Å². The van der Waals surface area contributed by atoms with Crippen LogP contribution in [0.25, 0.3) is 0 Å². The average Bonchev–Trinajstić information content (AvgIpc) is 2.51. The average molecular weight is 295 g/mol. The highest BCUT2D eigenvalue weighted by atomic mass is 16.2. The summed E-state index contributed by atoms with van der Waals surface area (Å²) in [6.45, 7) is 5.73. The van der Waals surface area contributed by atoms with Crippen LogP contribution in [0.3, 0.4) is 0 Å². The number of amides is 2. The summed E-state index contributed by atoms with van der Waals surface area (Å²) in [5.74, 6) is 0.768. The number of urea groups is 1. The van der Waals surface area contributed by atoms with E-state index < -0.39 is 0 Å². The molecule has 2 saturated carbocycles. The van der Waals surface area contributed by atoms with Crippen molar-refractivity contribution in [3.8, 4) is 0 Å². The number of carbonyl (C=O) groups is 1. The lowest BCUT2D eigenvalue weighted by Gasteiger charge is -2.47. The molecule has 4 heteroatoms. The first-order valence-corrected chi connectivity index (χ1v) is 8.89. The van der Waals surface area contributed by atoms with Gasteiger partial charge in [0.1, 0.15) is 0 Å². The van der Waals surface area contributed by atoms with Crippen LogP contribution in [0.5, 0.6) is 0 Å². The summed E-state index contributed by atoms with van der Waals surface area (Å²) >= 11 is 0. The summed E-state index contributed by atoms with van der Waals surface area (Å²) < 4.78 is 0. The molecule has 4 nitrogen and oxygen atoms in total. The van der Waals surface area contributed by atoms with Crippen molar-refractivity contribution in [2.75, 3.05) is 13.1 Å². The van der Waals surface area contributed by atoms with Crippen LogP contribution in [0.4, 0.5) is 4.79 Å². The van der Waals surface area contributed by atoms with Crippen molar-refractivity contribution < 1.29 is 4.79 Å². The van der Waals surface area contributed by atoms with Gasteiger partial charge in [-0.05, 0) is 51.4 Å². The first-order chi connectivity index (χ1) is 10.1. The Morgan fingerprint density at radius 3 is 2.33 bits per heavy atom. The van der Waals surface area contributed by atoms with Crippen molar-refractivity contribution in [3.05, 3.63) is 0 Å². The molecule has 2 rings (SSSR count). The molecule has 2 amide bonds. The van der Waals surface area contributed by atoms with Gasteiger partial charge in [0.25, 0.3) is 0 Å². The highest BCUT2D eigenvalue weighted by molar-refractivity contribution is 5.75. The summed E-state index contributed by atoms with van der Waals surface area (Å²) in [4.78, 5) is 14.8. The van der Waals surface area contributed by atoms with E-state index in [1.807, 2.05) is 4.90 Å². The maximum atomic E-state index is 12.7. The second-order valence-corrected chi connectivity index (χ2v) is 7.14. The Bertz CT molecular complexity index is 331. The summed E-state index contributed by atoms with van der Waals surface area (Å²) in [7, 11) is 0. The van der Waals surface area contributed by atoms with Crippen molar-refractivity contribution in [2.45, 2.75) is 83.2 Å². The second-order valence-electron chi connectivity index (χ2n) is 7.14. The largest absolute Gasteiger partial charge is 0.335 e. The first kappa shape index (κ1) is 16.6. The molecule has 21 heavy (non-hydrogen) atoms. The van der Waals surface area contributed by atoms with Gasteiger partial charge in [-0.25, -0.2) is 4.79 Å². The number of nitrogens with one attached hydrogen (secondary N) is 1. The molecule has 2 aliphatic carbocycles. The maximum absolute atomic E-state index is 12.7. The van der Waals surface area contributed by atoms with E-state index in [1.54, 1.807) is 0 Å². The van der Waals surface area contributed by atoms with Gasteiger partial charge in [0.05, 0.1) is 5.54 Å². The van der Waals surface area contributed by atoms with Crippen molar-refractivity contribution in [1.82, 2.24) is 10.2 Å². The van der Waals surface area contributed by atoms with Crippen LogP contribution in [0.2, 0.25) is 0 Å². The number of carbonyl (C=O) groups excluding carboxylic acids is 1. The highest BCUT2D eigenvalue weighted by Gasteiger charge is 2.40. The van der Waals surface area contributed by atoms with Crippen LogP contribution in [0.1, 0.15) is 71.6 Å². The normalized spacial score (nSPS) is 30.9. The van der Waals surface area contributed by atoms with Crippen LogP contribution in [-0.4, -0.2) is 35.6 Å². The number of hydrogen-bond acceptors (Lipinski definition) is 2. The third-order valence-electron chi connectivity index (χ3n) is 5.65. The molecule has 3 N–H and O–H groups in total. The highest BCUT2D eigenvalue weighted by Crippen LogP contribution is 2.36. The van der Waals surface area contributed by atoms with Crippen LogP contribution in [-0.2, 0) is 0 Å². The van der Waals surface area contributed by atoms with Crippen LogP contribution in [0.15, 0.2) is 0 Å². The monoisotopic (exact) mass is 295 g/mol. The first-order valence-electron chi connectivity index (χ1n) is 8.89. The van der Waals surface area contributed by atoms with Crippen molar-refractivity contribution in [2.24, 2.45) is 11.7 Å². The van der Waals surface area contributed by atoms with Gasteiger partial charge in [-0.2, -0.15) is 0 Å². The van der Waals surface area contributed by atoms with Crippen molar-refractivity contribution >= 4 is 6.03 Å². The molecule has 2 fully saturated rings. The molecule has 0 aromatic heterocycles. The fourth-order valence-electron chi connectivity index (χ4n) is 4.08. The smallest absolute Gasteiger partial charge is 0.318 e. The Morgan fingerprint density at radius 2 is 1.81 bits per heavy atom. The number of nitrogens with two attached hydrogens (primary N) is 1. The van der Waals surface area contributed by atoms with Crippen molar-refractivity contribution in [1.29, 1.82) is 0 Å². The van der Waals surface area contributed by atoms with Gasteiger partial charge in [0.15, 0.2) is 0 Å². The Kier molecular flexibility index (Phi) is 5.91. The maximum Gasteiger partial charge on any atom is 0.318 e. The van der Waals surface area contributed by atoms with Crippen molar-refractivity contribution in [3.63, 3.8) is 0 Å².